The topological polar surface area (TPSA) is 194 Å². The van der Waals surface area contributed by atoms with Crippen LogP contribution in [0.1, 0.15) is 31.4 Å². The van der Waals surface area contributed by atoms with Gasteiger partial charge < -0.3 is 40.9 Å². The quantitative estimate of drug-likeness (QED) is 0.279. The van der Waals surface area contributed by atoms with Gasteiger partial charge in [-0.05, 0) is 31.6 Å². The largest absolute Gasteiger partial charge is 0.508 e. The molecule has 1 saturated carbocycles. The van der Waals surface area contributed by atoms with Gasteiger partial charge in [0.15, 0.2) is 11.4 Å². The van der Waals surface area contributed by atoms with Crippen molar-refractivity contribution in [2.45, 2.75) is 38.0 Å². The van der Waals surface area contributed by atoms with Crippen LogP contribution >= 0.6 is 0 Å². The average Bonchev–Trinajstić information content (AvgIpc) is 2.86. The van der Waals surface area contributed by atoms with Crippen molar-refractivity contribution >= 4 is 28.9 Å². The van der Waals surface area contributed by atoms with Crippen molar-refractivity contribution in [2.24, 2.45) is 17.6 Å². The highest BCUT2D eigenvalue weighted by Gasteiger charge is 2.68. The van der Waals surface area contributed by atoms with Gasteiger partial charge in [-0.1, -0.05) is 20.4 Å². The molecule has 1 saturated heterocycles. The maximum Gasteiger partial charge on any atom is 0.255 e. The Balaban J connectivity index is 0.00000353. The molecular weight excluding hydrogens is 510 g/mol. The van der Waals surface area contributed by atoms with E-state index in [4.69, 9.17) is 10.5 Å². The number of amides is 1. The zero-order valence-electron chi connectivity index (χ0n) is 21.2. The monoisotopic (exact) mass is 545 g/mol. The van der Waals surface area contributed by atoms with Gasteiger partial charge in [-0.2, -0.15) is 0 Å². The Kier molecular flexibility index (Phi) is 7.05. The third-order valence-electron chi connectivity index (χ3n) is 8.46. The fourth-order valence-electron chi connectivity index (χ4n) is 6.66. The minimum atomic E-state index is -2.93. The highest BCUT2D eigenvalue weighted by molar-refractivity contribution is 6.24. The predicted molar refractivity (Wildman–Crippen MR) is 140 cm³/mol. The Morgan fingerprint density at radius 3 is 2.33 bits per heavy atom. The van der Waals surface area contributed by atoms with Gasteiger partial charge in [0.2, 0.25) is 5.78 Å². The van der Waals surface area contributed by atoms with E-state index >= 15 is 0 Å². The minimum Gasteiger partial charge on any atom is -0.508 e. The first kappa shape index (κ1) is 28.6. The summed E-state index contributed by atoms with van der Waals surface area (Å²) in [6, 6.07) is 2.02. The van der Waals surface area contributed by atoms with Crippen molar-refractivity contribution in [3.8, 4) is 5.75 Å². The molecule has 12 nitrogen and oxygen atoms in total. The van der Waals surface area contributed by atoms with Gasteiger partial charge in [-0.15, -0.1) is 0 Å². The van der Waals surface area contributed by atoms with Crippen LogP contribution in [0, 0.1) is 11.8 Å². The van der Waals surface area contributed by atoms with E-state index in [0.717, 1.165) is 0 Å². The maximum absolute atomic E-state index is 14.0. The van der Waals surface area contributed by atoms with Crippen molar-refractivity contribution in [1.82, 2.24) is 4.90 Å². The van der Waals surface area contributed by atoms with Crippen molar-refractivity contribution in [2.75, 3.05) is 45.3 Å². The number of ether oxygens (including phenoxy) is 1. The Morgan fingerprint density at radius 1 is 1.15 bits per heavy atom. The summed E-state index contributed by atoms with van der Waals surface area (Å²) in [5.41, 5.74) is 1.91. The molecule has 7 N–H and O–H groups in total. The Morgan fingerprint density at radius 2 is 1.77 bits per heavy atom. The second-order valence-electron chi connectivity index (χ2n) is 10.5. The van der Waals surface area contributed by atoms with Gasteiger partial charge in [0.25, 0.3) is 5.91 Å². The second kappa shape index (κ2) is 9.63. The average molecular weight is 546 g/mol. The zero-order valence-corrected chi connectivity index (χ0v) is 21.2. The number of aromatic hydroxyl groups is 1. The third kappa shape index (κ3) is 3.69. The number of fused-ring (bicyclic) bond motifs is 3. The molecule has 4 aliphatic rings. The first-order valence-electron chi connectivity index (χ1n) is 12.4. The molecule has 212 valence electrons. The summed E-state index contributed by atoms with van der Waals surface area (Å²) in [4.78, 5) is 42.5. The number of Topliss-reactive ketones (excluding diaryl/α,β-unsaturated/α-hetero) is 2. The molecular formula is C27H35N3O9. The number of ketones is 2. The van der Waals surface area contributed by atoms with Crippen molar-refractivity contribution in [3.05, 3.63) is 40.2 Å². The van der Waals surface area contributed by atoms with E-state index < -0.39 is 75.6 Å². The summed E-state index contributed by atoms with van der Waals surface area (Å²) in [7, 11) is 2.93. The molecule has 1 aromatic rings. The molecule has 5 rings (SSSR count). The summed E-state index contributed by atoms with van der Waals surface area (Å²) in [5, 5.41) is 57.0. The van der Waals surface area contributed by atoms with Gasteiger partial charge in [-0.25, -0.2) is 0 Å². The number of nitrogens with two attached hydrogens (primary N) is 1. The molecule has 12 heteroatoms. The number of carbonyl (C=O) groups is 3. The number of primary amides is 1. The normalized spacial score (nSPS) is 32.5. The number of rotatable bonds is 3. The smallest absolute Gasteiger partial charge is 0.255 e. The molecule has 1 heterocycles. The van der Waals surface area contributed by atoms with Crippen LogP contribution in [-0.2, 0) is 19.1 Å². The number of phenols is 1. The summed E-state index contributed by atoms with van der Waals surface area (Å²) < 4.78 is 5.37. The molecule has 6 atom stereocenters. The van der Waals surface area contributed by atoms with Crippen LogP contribution in [0.3, 0.4) is 0 Å². The number of hydrogen-bond acceptors (Lipinski definition) is 11. The Hall–Kier alpha value is -3.45. The van der Waals surface area contributed by atoms with Gasteiger partial charge in [-0.3, -0.25) is 19.3 Å². The molecule has 0 bridgehead atoms. The number of aliphatic hydroxyl groups excluding tert-OH is 3. The van der Waals surface area contributed by atoms with Crippen molar-refractivity contribution < 1.29 is 44.7 Å². The molecule has 39 heavy (non-hydrogen) atoms. The van der Waals surface area contributed by atoms with Gasteiger partial charge in [0.05, 0.1) is 42.5 Å². The number of likely N-dealkylation sites (N-methyl/N-ethyl adjacent to an activating group) is 1. The van der Waals surface area contributed by atoms with E-state index in [9.17, 15) is 39.9 Å². The number of anilines is 1. The number of aliphatic hydroxyl groups is 4. The number of morpholine rings is 1. The van der Waals surface area contributed by atoms with E-state index in [1.54, 1.807) is 19.1 Å². The van der Waals surface area contributed by atoms with Crippen LogP contribution in [0.4, 0.5) is 5.69 Å². The van der Waals surface area contributed by atoms with Crippen LogP contribution in [0.2, 0.25) is 0 Å². The van der Waals surface area contributed by atoms with Crippen LogP contribution in [0.25, 0.3) is 5.76 Å². The minimum absolute atomic E-state index is 0. The molecule has 0 aromatic heterocycles. The van der Waals surface area contributed by atoms with Gasteiger partial charge in [0.1, 0.15) is 22.8 Å². The number of carbonyl (C=O) groups excluding carboxylic acids is 3. The summed E-state index contributed by atoms with van der Waals surface area (Å²) in [5.74, 6) is -8.97. The lowest BCUT2D eigenvalue weighted by atomic mass is 9.54. The number of benzene rings is 1. The molecule has 1 aliphatic heterocycles. The van der Waals surface area contributed by atoms with E-state index in [-0.39, 0.29) is 18.7 Å². The standard InChI is InChI=1S/C26H31N3O9.CH4/c1-10-11-4-5-12(29-6-8-38-9-7-29)19(30)14(11)20(31)15-13(10)21(32)17-18(28(2)3)22(33)16(25(27)36)24(35)26(17,37)23(15)34;/h4-5,10,13,17-18,21,30-32,35,37H,6-9H2,1-3H3,(H2,27,36);1H4/t10-,13?,17?,18-,21-,26-;/m0./s1. The number of phenolic OH excluding ortho intramolecular Hbond substituents is 1. The van der Waals surface area contributed by atoms with E-state index in [0.29, 0.717) is 37.6 Å². The molecule has 2 unspecified atom stereocenters. The van der Waals surface area contributed by atoms with E-state index in [2.05, 4.69) is 0 Å². The highest BCUT2D eigenvalue weighted by Crippen LogP contribution is 2.56. The lowest BCUT2D eigenvalue weighted by Gasteiger charge is -2.53. The fraction of sp³-hybridized carbons (Fsp3) is 0.519. The predicted octanol–water partition coefficient (Wildman–Crippen LogP) is -0.0315. The summed E-state index contributed by atoms with van der Waals surface area (Å²) in [6.45, 7) is 3.58. The van der Waals surface area contributed by atoms with Crippen LogP contribution < -0.4 is 10.6 Å². The van der Waals surface area contributed by atoms with Gasteiger partial charge >= 0.3 is 0 Å². The lowest BCUT2D eigenvalue weighted by Crippen LogP contribution is -2.70. The van der Waals surface area contributed by atoms with Gasteiger partial charge in [0, 0.05) is 24.6 Å². The third-order valence-corrected chi connectivity index (χ3v) is 8.46. The van der Waals surface area contributed by atoms with E-state index in [1.165, 1.54) is 19.0 Å². The maximum atomic E-state index is 14.0. The molecule has 0 spiro atoms. The van der Waals surface area contributed by atoms with E-state index in [1.807, 2.05) is 4.90 Å². The Bertz CT molecular complexity index is 1310. The summed E-state index contributed by atoms with van der Waals surface area (Å²) >= 11 is 0. The second-order valence-corrected chi connectivity index (χ2v) is 10.5. The zero-order chi connectivity index (χ0) is 27.8. The molecule has 3 aliphatic carbocycles. The summed E-state index contributed by atoms with van der Waals surface area (Å²) in [6.07, 6.45) is -1.62. The molecule has 0 radical (unpaired) electrons. The van der Waals surface area contributed by atoms with Crippen molar-refractivity contribution in [3.63, 3.8) is 0 Å². The fourth-order valence-corrected chi connectivity index (χ4v) is 6.66. The molecule has 2 fully saturated rings. The lowest BCUT2D eigenvalue weighted by molar-refractivity contribution is -0.169. The van der Waals surface area contributed by atoms with Crippen LogP contribution in [0.15, 0.2) is 29.0 Å². The first-order valence-corrected chi connectivity index (χ1v) is 12.4. The Labute approximate surface area is 225 Å². The number of hydrogen-bond donors (Lipinski definition) is 6. The van der Waals surface area contributed by atoms with Crippen molar-refractivity contribution in [1.29, 1.82) is 0 Å². The number of nitrogens with zero attached hydrogens (tertiary/aromatic N) is 2. The highest BCUT2D eigenvalue weighted by atomic mass is 16.5. The SMILES string of the molecule is C.C[C@H]1c2ccc(N3CCOCC3)c(O)c2C(O)=C2C(=O)[C@]3(O)C(O)=C(C(N)=O)C(=O)[C@@H](N(C)C)C3[C@@H](O)C21. The molecule has 1 aromatic carbocycles. The molecule has 1 amide bonds. The first-order chi connectivity index (χ1) is 17.8. The van der Waals surface area contributed by atoms with Crippen LogP contribution in [0.5, 0.6) is 5.75 Å². The van der Waals surface area contributed by atoms with Crippen LogP contribution in [-0.4, -0.2) is 106 Å².